The number of hydrogen-bond acceptors (Lipinski definition) is 4. The van der Waals surface area contributed by atoms with Crippen LogP contribution in [0, 0.1) is 0 Å². The van der Waals surface area contributed by atoms with Crippen molar-refractivity contribution in [3.05, 3.63) is 29.8 Å². The van der Waals surface area contributed by atoms with Gasteiger partial charge in [0.25, 0.3) is 0 Å². The van der Waals surface area contributed by atoms with Gasteiger partial charge in [-0.25, -0.2) is 4.79 Å². The van der Waals surface area contributed by atoms with Gasteiger partial charge in [-0.1, -0.05) is 13.3 Å². The Labute approximate surface area is 119 Å². The van der Waals surface area contributed by atoms with Crippen LogP contribution < -0.4 is 5.32 Å². The van der Waals surface area contributed by atoms with Crippen LogP contribution in [0.4, 0.5) is 5.69 Å². The van der Waals surface area contributed by atoms with E-state index < -0.39 is 0 Å². The molecular weight excluding hydrogens is 256 g/mol. The van der Waals surface area contributed by atoms with Gasteiger partial charge in [0.1, 0.15) is 0 Å². The molecule has 0 fully saturated rings. The molecule has 0 aliphatic heterocycles. The lowest BCUT2D eigenvalue weighted by molar-refractivity contribution is -0.117. The van der Waals surface area contributed by atoms with Gasteiger partial charge in [0, 0.05) is 5.69 Å². The lowest BCUT2D eigenvalue weighted by atomic mass is 10.2. The lowest BCUT2D eigenvalue weighted by Gasteiger charge is -2.15. The molecule has 0 heterocycles. The number of amides is 1. The van der Waals surface area contributed by atoms with Crippen LogP contribution >= 0.6 is 0 Å². The summed E-state index contributed by atoms with van der Waals surface area (Å²) in [7, 11) is 3.26. The highest BCUT2D eigenvalue weighted by Crippen LogP contribution is 2.10. The SMILES string of the molecule is CCCCN(C)CC(=O)Nc1ccc(C(=O)OC)cc1. The van der Waals surface area contributed by atoms with E-state index in [-0.39, 0.29) is 11.9 Å². The largest absolute Gasteiger partial charge is 0.465 e. The normalized spacial score (nSPS) is 10.4. The zero-order chi connectivity index (χ0) is 15.0. The van der Waals surface area contributed by atoms with E-state index in [1.54, 1.807) is 24.3 Å². The number of hydrogen-bond donors (Lipinski definition) is 1. The average Bonchev–Trinajstić information content (AvgIpc) is 2.45. The van der Waals surface area contributed by atoms with Crippen molar-refractivity contribution in [2.24, 2.45) is 0 Å². The summed E-state index contributed by atoms with van der Waals surface area (Å²) in [6.07, 6.45) is 2.19. The third-order valence-electron chi connectivity index (χ3n) is 2.90. The van der Waals surface area contributed by atoms with Crippen LogP contribution in [-0.2, 0) is 9.53 Å². The molecule has 0 aromatic heterocycles. The molecule has 0 atom stereocenters. The first kappa shape index (κ1) is 16.2. The van der Waals surface area contributed by atoms with Crippen molar-refractivity contribution in [2.45, 2.75) is 19.8 Å². The van der Waals surface area contributed by atoms with Crippen LogP contribution in [0.1, 0.15) is 30.1 Å². The van der Waals surface area contributed by atoms with Gasteiger partial charge in [-0.3, -0.25) is 9.69 Å². The van der Waals surface area contributed by atoms with Crippen LogP contribution in [0.2, 0.25) is 0 Å². The first-order chi connectivity index (χ1) is 9.56. The summed E-state index contributed by atoms with van der Waals surface area (Å²) in [5.74, 6) is -0.448. The van der Waals surface area contributed by atoms with Crippen molar-refractivity contribution in [3.63, 3.8) is 0 Å². The Kier molecular flexibility index (Phi) is 6.73. The predicted octanol–water partition coefficient (Wildman–Crippen LogP) is 2.14. The van der Waals surface area contributed by atoms with Crippen LogP contribution in [-0.4, -0.2) is 44.0 Å². The molecule has 1 aromatic rings. The van der Waals surface area contributed by atoms with Crippen LogP contribution in [0.3, 0.4) is 0 Å². The summed E-state index contributed by atoms with van der Waals surface area (Å²) < 4.78 is 4.61. The maximum absolute atomic E-state index is 11.8. The standard InChI is InChI=1S/C15H22N2O3/c1-4-5-10-17(2)11-14(18)16-13-8-6-12(7-9-13)15(19)20-3/h6-9H,4-5,10-11H2,1-3H3,(H,16,18). The second kappa shape index (κ2) is 8.32. The van der Waals surface area contributed by atoms with E-state index >= 15 is 0 Å². The van der Waals surface area contributed by atoms with Crippen LogP contribution in [0.25, 0.3) is 0 Å². The number of carbonyl (C=O) groups excluding carboxylic acids is 2. The van der Waals surface area contributed by atoms with Gasteiger partial charge >= 0.3 is 5.97 Å². The fourth-order valence-corrected chi connectivity index (χ4v) is 1.76. The summed E-state index contributed by atoms with van der Waals surface area (Å²) in [5, 5.41) is 2.80. The third kappa shape index (κ3) is 5.40. The highest BCUT2D eigenvalue weighted by molar-refractivity contribution is 5.93. The summed E-state index contributed by atoms with van der Waals surface area (Å²) in [4.78, 5) is 25.1. The Balaban J connectivity index is 2.48. The van der Waals surface area contributed by atoms with Gasteiger partial charge in [-0.05, 0) is 44.3 Å². The van der Waals surface area contributed by atoms with Crippen molar-refractivity contribution in [2.75, 3.05) is 32.6 Å². The van der Waals surface area contributed by atoms with Crippen molar-refractivity contribution < 1.29 is 14.3 Å². The number of methoxy groups -OCH3 is 1. The lowest BCUT2D eigenvalue weighted by Crippen LogP contribution is -2.30. The number of benzene rings is 1. The number of esters is 1. The molecule has 0 aliphatic carbocycles. The van der Waals surface area contributed by atoms with E-state index in [9.17, 15) is 9.59 Å². The van der Waals surface area contributed by atoms with E-state index in [1.807, 2.05) is 11.9 Å². The second-order valence-corrected chi connectivity index (χ2v) is 4.71. The highest BCUT2D eigenvalue weighted by Gasteiger charge is 2.08. The third-order valence-corrected chi connectivity index (χ3v) is 2.90. The van der Waals surface area contributed by atoms with Gasteiger partial charge < -0.3 is 10.1 Å². The van der Waals surface area contributed by atoms with E-state index in [2.05, 4.69) is 17.0 Å². The molecule has 0 saturated carbocycles. The Morgan fingerprint density at radius 2 is 1.90 bits per heavy atom. The van der Waals surface area contributed by atoms with E-state index in [0.717, 1.165) is 19.4 Å². The fourth-order valence-electron chi connectivity index (χ4n) is 1.76. The molecule has 1 N–H and O–H groups in total. The molecule has 5 heteroatoms. The quantitative estimate of drug-likeness (QED) is 0.776. The number of rotatable bonds is 7. The van der Waals surface area contributed by atoms with Gasteiger partial charge in [0.05, 0.1) is 19.2 Å². The maximum atomic E-state index is 11.8. The molecule has 20 heavy (non-hydrogen) atoms. The predicted molar refractivity (Wildman–Crippen MR) is 78.8 cm³/mol. The highest BCUT2D eigenvalue weighted by atomic mass is 16.5. The van der Waals surface area contributed by atoms with E-state index in [1.165, 1.54) is 7.11 Å². The molecule has 110 valence electrons. The van der Waals surface area contributed by atoms with E-state index in [0.29, 0.717) is 17.8 Å². The molecule has 0 saturated heterocycles. The number of ether oxygens (including phenoxy) is 1. The fraction of sp³-hybridized carbons (Fsp3) is 0.467. The number of anilines is 1. The molecule has 0 bridgehead atoms. The van der Waals surface area contributed by atoms with Gasteiger partial charge in [0.15, 0.2) is 0 Å². The van der Waals surface area contributed by atoms with Crippen molar-refractivity contribution in [3.8, 4) is 0 Å². The number of carbonyl (C=O) groups is 2. The summed E-state index contributed by atoms with van der Waals surface area (Å²) in [6.45, 7) is 3.39. The van der Waals surface area contributed by atoms with Crippen molar-refractivity contribution >= 4 is 17.6 Å². The van der Waals surface area contributed by atoms with E-state index in [4.69, 9.17) is 0 Å². The number of nitrogens with one attached hydrogen (secondary N) is 1. The second-order valence-electron chi connectivity index (χ2n) is 4.71. The molecule has 0 unspecified atom stereocenters. The Hall–Kier alpha value is -1.88. The molecule has 0 aliphatic rings. The zero-order valence-electron chi connectivity index (χ0n) is 12.3. The topological polar surface area (TPSA) is 58.6 Å². The zero-order valence-corrected chi connectivity index (χ0v) is 12.3. The monoisotopic (exact) mass is 278 g/mol. The molecule has 0 spiro atoms. The number of unbranched alkanes of at least 4 members (excludes halogenated alkanes) is 1. The minimum Gasteiger partial charge on any atom is -0.465 e. The smallest absolute Gasteiger partial charge is 0.337 e. The van der Waals surface area contributed by atoms with Crippen LogP contribution in [0.15, 0.2) is 24.3 Å². The minimum absolute atomic E-state index is 0.0607. The number of likely N-dealkylation sites (N-methyl/N-ethyl adjacent to an activating group) is 1. The minimum atomic E-state index is -0.387. The Morgan fingerprint density at radius 1 is 1.25 bits per heavy atom. The summed E-state index contributed by atoms with van der Waals surface area (Å²) in [5.41, 5.74) is 1.14. The molecular formula is C15H22N2O3. The molecule has 1 aromatic carbocycles. The van der Waals surface area contributed by atoms with Crippen molar-refractivity contribution in [1.29, 1.82) is 0 Å². The first-order valence-corrected chi connectivity index (χ1v) is 6.73. The average molecular weight is 278 g/mol. The molecule has 1 rings (SSSR count). The van der Waals surface area contributed by atoms with Crippen LogP contribution in [0.5, 0.6) is 0 Å². The summed E-state index contributed by atoms with van der Waals surface area (Å²) in [6, 6.07) is 6.64. The molecule has 1 amide bonds. The maximum Gasteiger partial charge on any atom is 0.337 e. The van der Waals surface area contributed by atoms with Gasteiger partial charge in [-0.15, -0.1) is 0 Å². The summed E-state index contributed by atoms with van der Waals surface area (Å²) >= 11 is 0. The van der Waals surface area contributed by atoms with Gasteiger partial charge in [-0.2, -0.15) is 0 Å². The number of nitrogens with zero attached hydrogens (tertiary/aromatic N) is 1. The first-order valence-electron chi connectivity index (χ1n) is 6.73. The Morgan fingerprint density at radius 3 is 2.45 bits per heavy atom. The Bertz CT molecular complexity index is 443. The van der Waals surface area contributed by atoms with Gasteiger partial charge in [0.2, 0.25) is 5.91 Å². The van der Waals surface area contributed by atoms with Crippen molar-refractivity contribution in [1.82, 2.24) is 4.90 Å². The molecule has 0 radical (unpaired) electrons. The molecule has 5 nitrogen and oxygen atoms in total.